The highest BCUT2D eigenvalue weighted by Crippen LogP contribution is 2.34. The van der Waals surface area contributed by atoms with E-state index in [1.54, 1.807) is 12.4 Å². The van der Waals surface area contributed by atoms with E-state index in [4.69, 9.17) is 0 Å². The molecule has 1 saturated carbocycles. The van der Waals surface area contributed by atoms with Crippen LogP contribution in [0.4, 0.5) is 0 Å². The van der Waals surface area contributed by atoms with Crippen LogP contribution >= 0.6 is 0 Å². The molecule has 1 aliphatic carbocycles. The van der Waals surface area contributed by atoms with Crippen molar-refractivity contribution in [2.24, 2.45) is 0 Å². The molecule has 1 aliphatic rings. The lowest BCUT2D eigenvalue weighted by molar-refractivity contribution is 0.409. The van der Waals surface area contributed by atoms with Crippen LogP contribution in [0.2, 0.25) is 0 Å². The molecule has 0 bridgehead atoms. The van der Waals surface area contributed by atoms with Gasteiger partial charge >= 0.3 is 0 Å². The summed E-state index contributed by atoms with van der Waals surface area (Å²) < 4.78 is 0. The van der Waals surface area contributed by atoms with E-state index in [9.17, 15) is 0 Å². The summed E-state index contributed by atoms with van der Waals surface area (Å²) in [6.07, 6.45) is 10.2. The highest BCUT2D eigenvalue weighted by atomic mass is 14.8. The molecule has 0 aliphatic heterocycles. The average molecular weight is 133 g/mol. The van der Waals surface area contributed by atoms with E-state index in [1.165, 1.54) is 19.3 Å². The third-order valence-corrected chi connectivity index (χ3v) is 2.03. The van der Waals surface area contributed by atoms with Gasteiger partial charge in [0.05, 0.1) is 5.69 Å². The zero-order chi connectivity index (χ0) is 6.81. The van der Waals surface area contributed by atoms with Crippen LogP contribution in [-0.2, 0) is 0 Å². The molecule has 51 valence electrons. The average Bonchev–Trinajstić information content (AvgIpc) is 1.86. The lowest BCUT2D eigenvalue weighted by Crippen LogP contribution is -2.10. The van der Waals surface area contributed by atoms with Gasteiger partial charge in [-0.15, -0.1) is 0 Å². The van der Waals surface area contributed by atoms with Crippen molar-refractivity contribution in [1.82, 2.24) is 9.97 Å². The van der Waals surface area contributed by atoms with Crippen molar-refractivity contribution in [2.45, 2.75) is 25.2 Å². The van der Waals surface area contributed by atoms with Gasteiger partial charge in [0.1, 0.15) is 6.20 Å². The van der Waals surface area contributed by atoms with Gasteiger partial charge in [-0.2, -0.15) is 0 Å². The van der Waals surface area contributed by atoms with Crippen molar-refractivity contribution in [3.63, 3.8) is 0 Å². The number of aromatic nitrogens is 2. The Kier molecular flexibility index (Phi) is 1.38. The monoisotopic (exact) mass is 133 g/mol. The number of nitrogens with zero attached hydrogens (tertiary/aromatic N) is 2. The molecule has 1 radical (unpaired) electrons. The second-order valence-corrected chi connectivity index (χ2v) is 2.68. The molecule has 0 atom stereocenters. The van der Waals surface area contributed by atoms with Crippen molar-refractivity contribution in [3.05, 3.63) is 24.3 Å². The van der Waals surface area contributed by atoms with Gasteiger partial charge in [0.2, 0.25) is 0 Å². The Morgan fingerprint density at radius 3 is 2.80 bits per heavy atom. The smallest absolute Gasteiger partial charge is 0.112 e. The molecule has 1 aromatic heterocycles. The summed E-state index contributed by atoms with van der Waals surface area (Å²) in [5.74, 6) is 0.661. The molecule has 0 spiro atoms. The SMILES string of the molecule is [c]1nccnc1C1CCC1. The van der Waals surface area contributed by atoms with Gasteiger partial charge in [-0.1, -0.05) is 6.42 Å². The first kappa shape index (κ1) is 5.83. The molecular weight excluding hydrogens is 124 g/mol. The van der Waals surface area contributed by atoms with Crippen molar-refractivity contribution in [3.8, 4) is 0 Å². The van der Waals surface area contributed by atoms with Gasteiger partial charge in [-0.3, -0.25) is 9.97 Å². The molecule has 0 saturated heterocycles. The highest BCUT2D eigenvalue weighted by molar-refractivity contribution is 5.04. The summed E-state index contributed by atoms with van der Waals surface area (Å²) in [6, 6.07) is 0. The van der Waals surface area contributed by atoms with Crippen LogP contribution < -0.4 is 0 Å². The minimum Gasteiger partial charge on any atom is -0.257 e. The van der Waals surface area contributed by atoms with E-state index in [0.717, 1.165) is 5.69 Å². The zero-order valence-electron chi connectivity index (χ0n) is 5.75. The van der Waals surface area contributed by atoms with Crippen LogP contribution in [0.1, 0.15) is 30.9 Å². The zero-order valence-corrected chi connectivity index (χ0v) is 5.75. The Balaban J connectivity index is 2.18. The molecule has 2 nitrogen and oxygen atoms in total. The Labute approximate surface area is 60.3 Å². The van der Waals surface area contributed by atoms with Gasteiger partial charge in [0, 0.05) is 18.3 Å². The Bertz CT molecular complexity index is 204. The summed E-state index contributed by atoms with van der Waals surface area (Å²) in [5, 5.41) is 0. The third kappa shape index (κ3) is 0.897. The van der Waals surface area contributed by atoms with Gasteiger partial charge in [-0.05, 0) is 12.8 Å². The highest BCUT2D eigenvalue weighted by Gasteiger charge is 2.20. The molecule has 2 rings (SSSR count). The molecule has 0 aromatic carbocycles. The minimum absolute atomic E-state index is 0.661. The maximum atomic E-state index is 4.18. The first-order valence-electron chi connectivity index (χ1n) is 3.65. The largest absolute Gasteiger partial charge is 0.257 e. The van der Waals surface area contributed by atoms with Crippen LogP contribution in [0.15, 0.2) is 12.4 Å². The molecule has 0 N–H and O–H groups in total. The Morgan fingerprint density at radius 2 is 2.30 bits per heavy atom. The molecule has 0 unspecified atom stereocenters. The van der Waals surface area contributed by atoms with E-state index >= 15 is 0 Å². The second kappa shape index (κ2) is 2.37. The van der Waals surface area contributed by atoms with E-state index in [-0.39, 0.29) is 0 Å². The number of rotatable bonds is 1. The lowest BCUT2D eigenvalue weighted by Gasteiger charge is -2.23. The Hall–Kier alpha value is -0.920. The van der Waals surface area contributed by atoms with E-state index in [2.05, 4.69) is 16.2 Å². The fourth-order valence-electron chi connectivity index (χ4n) is 1.16. The van der Waals surface area contributed by atoms with E-state index in [0.29, 0.717) is 5.92 Å². The summed E-state index contributed by atoms with van der Waals surface area (Å²) in [6.45, 7) is 0. The van der Waals surface area contributed by atoms with Gasteiger partial charge < -0.3 is 0 Å². The van der Waals surface area contributed by atoms with Crippen LogP contribution in [-0.4, -0.2) is 9.97 Å². The molecule has 10 heavy (non-hydrogen) atoms. The van der Waals surface area contributed by atoms with Gasteiger partial charge in [0.25, 0.3) is 0 Å². The predicted octanol–water partition coefficient (Wildman–Crippen LogP) is 1.54. The van der Waals surface area contributed by atoms with Gasteiger partial charge in [-0.25, -0.2) is 0 Å². The van der Waals surface area contributed by atoms with Crippen LogP contribution in [0, 0.1) is 6.20 Å². The lowest BCUT2D eigenvalue weighted by atomic mass is 9.83. The molecular formula is C8H9N2. The molecule has 2 heteroatoms. The molecule has 1 fully saturated rings. The third-order valence-electron chi connectivity index (χ3n) is 2.03. The fraction of sp³-hybridized carbons (Fsp3) is 0.500. The minimum atomic E-state index is 0.661. The van der Waals surface area contributed by atoms with Crippen LogP contribution in [0.5, 0.6) is 0 Å². The van der Waals surface area contributed by atoms with E-state index < -0.39 is 0 Å². The topological polar surface area (TPSA) is 25.8 Å². The van der Waals surface area contributed by atoms with Crippen molar-refractivity contribution in [1.29, 1.82) is 0 Å². The summed E-state index contributed by atoms with van der Waals surface area (Å²) in [5.41, 5.74) is 1.05. The maximum Gasteiger partial charge on any atom is 0.112 e. The number of hydrogen-bond donors (Lipinski definition) is 0. The first-order chi connectivity index (χ1) is 4.97. The van der Waals surface area contributed by atoms with E-state index in [1.807, 2.05) is 0 Å². The maximum absolute atomic E-state index is 4.18. The first-order valence-corrected chi connectivity index (χ1v) is 3.65. The second-order valence-electron chi connectivity index (χ2n) is 2.68. The molecule has 1 aromatic rings. The quantitative estimate of drug-likeness (QED) is 0.580. The number of hydrogen-bond acceptors (Lipinski definition) is 2. The standard InChI is InChI=1S/C8H9N2/c1-2-7(3-1)8-6-9-4-5-10-8/h4-5,7H,1-3H2. The van der Waals surface area contributed by atoms with Gasteiger partial charge in [0.15, 0.2) is 0 Å². The predicted molar refractivity (Wildman–Crippen MR) is 37.5 cm³/mol. The van der Waals surface area contributed by atoms with Crippen molar-refractivity contribution < 1.29 is 0 Å². The normalized spacial score (nSPS) is 18.4. The Morgan fingerprint density at radius 1 is 1.40 bits per heavy atom. The van der Waals surface area contributed by atoms with Crippen molar-refractivity contribution >= 4 is 0 Å². The summed E-state index contributed by atoms with van der Waals surface area (Å²) in [4.78, 5) is 8.08. The molecule has 0 amide bonds. The van der Waals surface area contributed by atoms with Crippen molar-refractivity contribution in [2.75, 3.05) is 0 Å². The van der Waals surface area contributed by atoms with Crippen LogP contribution in [0.3, 0.4) is 0 Å². The van der Waals surface area contributed by atoms with Crippen LogP contribution in [0.25, 0.3) is 0 Å². The summed E-state index contributed by atoms with van der Waals surface area (Å²) >= 11 is 0. The summed E-state index contributed by atoms with van der Waals surface area (Å²) in [7, 11) is 0. The fourth-order valence-corrected chi connectivity index (χ4v) is 1.16. The molecule has 1 heterocycles.